The van der Waals surface area contributed by atoms with Crippen molar-refractivity contribution in [1.29, 1.82) is 0 Å². The van der Waals surface area contributed by atoms with E-state index in [1.54, 1.807) is 17.8 Å². The number of hydrogen-bond donors (Lipinski definition) is 1. The van der Waals surface area contributed by atoms with Gasteiger partial charge in [-0.1, -0.05) is 17.7 Å². The lowest BCUT2D eigenvalue weighted by atomic mass is 10.1. The molecule has 0 amide bonds. The van der Waals surface area contributed by atoms with Crippen molar-refractivity contribution in [2.45, 2.75) is 13.5 Å². The predicted molar refractivity (Wildman–Crippen MR) is 84.8 cm³/mol. The minimum atomic E-state index is -2.46. The summed E-state index contributed by atoms with van der Waals surface area (Å²) in [5, 5.41) is 14.1. The summed E-state index contributed by atoms with van der Waals surface area (Å²) in [6, 6.07) is 4.31. The molecule has 1 aromatic carbocycles. The first-order chi connectivity index (χ1) is 10.8. The maximum Gasteiger partial charge on any atom is 0.337 e. The van der Waals surface area contributed by atoms with E-state index in [-0.39, 0.29) is 28.3 Å². The maximum atomic E-state index is 11.2. The largest absolute Gasteiger partial charge is 0.478 e. The van der Waals surface area contributed by atoms with E-state index in [1.807, 2.05) is 6.92 Å². The molecule has 0 aliphatic heterocycles. The average molecular weight is 357 g/mol. The minimum absolute atomic E-state index is 0.0654. The Labute approximate surface area is 138 Å². The quantitative estimate of drug-likeness (QED) is 0.818. The van der Waals surface area contributed by atoms with Gasteiger partial charge in [0.15, 0.2) is 0 Å². The van der Waals surface area contributed by atoms with E-state index in [2.05, 4.69) is 5.10 Å². The first kappa shape index (κ1) is 17.0. The average Bonchev–Trinajstić information content (AvgIpc) is 2.76. The summed E-state index contributed by atoms with van der Waals surface area (Å²) in [7, 11) is -0.706. The summed E-state index contributed by atoms with van der Waals surface area (Å²) >= 11 is 6.09. The molecule has 9 heteroatoms. The molecule has 0 saturated heterocycles. The predicted octanol–water partition coefficient (Wildman–Crippen LogP) is 1.69. The number of aryl methyl sites for hydroxylation is 2. The third-order valence-corrected chi connectivity index (χ3v) is 4.07. The Morgan fingerprint density at radius 3 is 2.70 bits per heavy atom. The third-order valence-electron chi connectivity index (χ3n) is 3.19. The molecule has 2 rings (SSSR count). The van der Waals surface area contributed by atoms with Gasteiger partial charge in [0.05, 0.1) is 16.0 Å². The normalized spacial score (nSPS) is 10.4. The van der Waals surface area contributed by atoms with Gasteiger partial charge in [0.2, 0.25) is 16.2 Å². The highest BCUT2D eigenvalue weighted by molar-refractivity contribution is 7.71. The van der Waals surface area contributed by atoms with Gasteiger partial charge in [0, 0.05) is 24.4 Å². The molecule has 0 aliphatic carbocycles. The number of nitrogens with zero attached hydrogens (tertiary/aromatic N) is 2. The zero-order chi connectivity index (χ0) is 17.1. The molecule has 0 atom stereocenters. The Morgan fingerprint density at radius 2 is 2.17 bits per heavy atom. The van der Waals surface area contributed by atoms with Crippen molar-refractivity contribution < 1.29 is 23.1 Å². The van der Waals surface area contributed by atoms with Crippen molar-refractivity contribution in [2.75, 3.05) is 0 Å². The second kappa shape index (κ2) is 6.84. The van der Waals surface area contributed by atoms with Gasteiger partial charge in [-0.3, -0.25) is 4.68 Å². The number of ether oxygens (including phenoxy) is 1. The fraction of sp³-hybridized carbons (Fsp3) is 0.214. The van der Waals surface area contributed by atoms with Gasteiger partial charge >= 0.3 is 5.97 Å². The molecule has 1 aromatic heterocycles. The molecule has 23 heavy (non-hydrogen) atoms. The number of halogens is 1. The number of aromatic nitrogens is 2. The van der Waals surface area contributed by atoms with Crippen molar-refractivity contribution in [2.24, 2.45) is 7.05 Å². The second-order valence-corrected chi connectivity index (χ2v) is 5.85. The van der Waals surface area contributed by atoms with Crippen LogP contribution in [-0.4, -0.2) is 34.6 Å². The van der Waals surface area contributed by atoms with Crippen LogP contribution < -0.4 is 4.74 Å². The van der Waals surface area contributed by atoms with Gasteiger partial charge in [0.25, 0.3) is 0 Å². The Bertz CT molecular complexity index is 875. The number of carbonyl (C=O) groups is 1. The molecule has 0 fully saturated rings. The second-order valence-electron chi connectivity index (χ2n) is 4.71. The summed E-state index contributed by atoms with van der Waals surface area (Å²) in [5.41, 5.74) is 1.27. The van der Waals surface area contributed by atoms with Crippen molar-refractivity contribution in [3.8, 4) is 5.88 Å². The van der Waals surface area contributed by atoms with Crippen molar-refractivity contribution in [1.82, 2.24) is 9.78 Å². The van der Waals surface area contributed by atoms with Crippen LogP contribution in [0.15, 0.2) is 18.2 Å². The van der Waals surface area contributed by atoms with E-state index in [1.165, 1.54) is 12.1 Å². The van der Waals surface area contributed by atoms with Crippen LogP contribution in [0.2, 0.25) is 5.02 Å². The summed E-state index contributed by atoms with van der Waals surface area (Å²) in [4.78, 5) is 11.2. The molecular formula is C14H13ClN2O5S. The van der Waals surface area contributed by atoms with Gasteiger partial charge in [-0.25, -0.2) is 4.79 Å². The van der Waals surface area contributed by atoms with Crippen molar-refractivity contribution in [3.05, 3.63) is 45.6 Å². The van der Waals surface area contributed by atoms with Crippen LogP contribution >= 0.6 is 11.6 Å². The highest BCUT2D eigenvalue weighted by Gasteiger charge is 2.17. The first-order valence-corrected chi connectivity index (χ1v) is 7.92. The smallest absolute Gasteiger partial charge is 0.337 e. The van der Waals surface area contributed by atoms with Crippen LogP contribution in [0.4, 0.5) is 0 Å². The number of hydrogen-bond acceptors (Lipinski definition) is 5. The fourth-order valence-electron chi connectivity index (χ4n) is 1.91. The molecule has 0 unspecified atom stereocenters. The summed E-state index contributed by atoms with van der Waals surface area (Å²) < 4.78 is 28.9. The van der Waals surface area contributed by atoms with Crippen molar-refractivity contribution in [3.63, 3.8) is 0 Å². The molecule has 0 radical (unpaired) electrons. The van der Waals surface area contributed by atoms with Crippen molar-refractivity contribution >= 4 is 33.2 Å². The van der Waals surface area contributed by atoms with E-state index in [4.69, 9.17) is 21.4 Å². The highest BCUT2D eigenvalue weighted by Crippen LogP contribution is 2.26. The maximum absolute atomic E-state index is 11.2. The van der Waals surface area contributed by atoms with Crippen LogP contribution in [0.5, 0.6) is 5.88 Å². The Kier molecular flexibility index (Phi) is 5.07. The Morgan fingerprint density at radius 1 is 1.48 bits per heavy atom. The standard InChI is InChI=1S/C14H13ClN2O5S/c1-8-5-12(16-17(8)2)22-6-11-9(7-23(20)21)3-4-10(13(11)15)14(18)19/h3-5,7H,6H2,1-2H3,(H,18,19). The lowest BCUT2D eigenvalue weighted by molar-refractivity contribution is 0.0697. The van der Waals surface area contributed by atoms with Gasteiger partial charge in [-0.15, -0.1) is 5.10 Å². The van der Waals surface area contributed by atoms with Crippen LogP contribution in [0.25, 0.3) is 0 Å². The van der Waals surface area contributed by atoms with Gasteiger partial charge in [-0.05, 0) is 18.6 Å². The molecule has 0 bridgehead atoms. The molecule has 1 heterocycles. The number of rotatable bonds is 5. The first-order valence-electron chi connectivity index (χ1n) is 6.40. The molecular weight excluding hydrogens is 344 g/mol. The monoisotopic (exact) mass is 356 g/mol. The Hall–Kier alpha value is -2.32. The molecule has 7 nitrogen and oxygen atoms in total. The number of benzene rings is 1. The van der Waals surface area contributed by atoms with E-state index in [9.17, 15) is 13.2 Å². The minimum Gasteiger partial charge on any atom is -0.478 e. The van der Waals surface area contributed by atoms with Crippen LogP contribution in [-0.2, 0) is 23.9 Å². The van der Waals surface area contributed by atoms with Gasteiger partial charge in [0.1, 0.15) is 6.61 Å². The van der Waals surface area contributed by atoms with Crippen LogP contribution in [0, 0.1) is 6.92 Å². The van der Waals surface area contributed by atoms with E-state index in [0.29, 0.717) is 5.88 Å². The highest BCUT2D eigenvalue weighted by atomic mass is 35.5. The molecule has 0 spiro atoms. The number of aromatic carboxylic acids is 1. The van der Waals surface area contributed by atoms with E-state index >= 15 is 0 Å². The summed E-state index contributed by atoms with van der Waals surface area (Å²) in [6.07, 6.45) is 0. The molecule has 1 N–H and O–H groups in total. The molecule has 0 aliphatic rings. The van der Waals surface area contributed by atoms with Gasteiger partial charge < -0.3 is 9.84 Å². The lowest BCUT2D eigenvalue weighted by Gasteiger charge is -2.10. The molecule has 0 saturated carbocycles. The summed E-state index contributed by atoms with van der Waals surface area (Å²) in [6.45, 7) is 1.73. The summed E-state index contributed by atoms with van der Waals surface area (Å²) in [5.74, 6) is -0.879. The zero-order valence-corrected chi connectivity index (χ0v) is 13.8. The zero-order valence-electron chi connectivity index (χ0n) is 12.3. The SMILES string of the molecule is Cc1cc(OCc2c(C=S(=O)=O)ccc(C(=O)O)c2Cl)nn1C. The number of carboxylic acids is 1. The Balaban J connectivity index is 2.42. The van der Waals surface area contributed by atoms with Crippen LogP contribution in [0.3, 0.4) is 0 Å². The van der Waals surface area contributed by atoms with Gasteiger partial charge in [-0.2, -0.15) is 8.42 Å². The third kappa shape index (κ3) is 3.91. The van der Waals surface area contributed by atoms with E-state index < -0.39 is 16.3 Å². The molecule has 2 aromatic rings. The number of carboxylic acid groups (broad SMARTS) is 1. The topological polar surface area (TPSA) is 98.5 Å². The fourth-order valence-corrected chi connectivity index (χ4v) is 2.64. The van der Waals surface area contributed by atoms with Crippen LogP contribution in [0.1, 0.15) is 27.2 Å². The van der Waals surface area contributed by atoms with E-state index in [0.717, 1.165) is 11.1 Å². The molecule has 122 valence electrons. The lowest BCUT2D eigenvalue weighted by Crippen LogP contribution is -2.07.